The lowest BCUT2D eigenvalue weighted by atomic mass is 10.2. The molecular weight excluding hydrogens is 394 g/mol. The second kappa shape index (κ2) is 9.51. The molecule has 29 heavy (non-hydrogen) atoms. The number of hydrogen-bond donors (Lipinski definition) is 11. The fourth-order valence-electron chi connectivity index (χ4n) is 2.44. The molecule has 0 saturated carbocycles. The molecule has 160 valence electrons. The van der Waals surface area contributed by atoms with Crippen molar-refractivity contribution in [2.24, 2.45) is 23.4 Å². The van der Waals surface area contributed by atoms with Crippen molar-refractivity contribution in [1.29, 1.82) is 0 Å². The second-order valence-electron chi connectivity index (χ2n) is 5.76. The first-order valence-electron chi connectivity index (χ1n) is 7.86. The van der Waals surface area contributed by atoms with Gasteiger partial charge in [0.2, 0.25) is 22.7 Å². The molecule has 0 aliphatic heterocycles. The van der Waals surface area contributed by atoms with E-state index in [4.69, 9.17) is 23.4 Å². The Bertz CT molecular complexity index is 768. The summed E-state index contributed by atoms with van der Waals surface area (Å²) in [4.78, 5) is 0. The number of benzene rings is 2. The summed E-state index contributed by atoms with van der Waals surface area (Å²) in [6.45, 7) is 0. The largest absolute Gasteiger partial charge is 0.608 e. The Morgan fingerprint density at radius 3 is 1.14 bits per heavy atom. The monoisotopic (exact) mass is 415 g/mol. The Labute approximate surface area is 162 Å². The summed E-state index contributed by atoms with van der Waals surface area (Å²) in [5, 5.41) is 64.9. The van der Waals surface area contributed by atoms with Crippen LogP contribution in [-0.4, -0.2) is 0 Å². The van der Waals surface area contributed by atoms with Gasteiger partial charge in [0.15, 0.2) is 11.4 Å². The minimum atomic E-state index is -1.10. The smallest absolute Gasteiger partial charge is 0.224 e. The Kier molecular flexibility index (Phi) is 7.55. The molecule has 0 radical (unpaired) electrons. The van der Waals surface area contributed by atoms with Gasteiger partial charge in [-0.05, 0) is 5.53 Å². The molecule has 0 amide bonds. The van der Waals surface area contributed by atoms with Crippen LogP contribution in [0.5, 0.6) is 0 Å². The van der Waals surface area contributed by atoms with Crippen LogP contribution in [0.2, 0.25) is 0 Å². The van der Waals surface area contributed by atoms with E-state index in [1.54, 1.807) is 0 Å². The first-order valence-corrected chi connectivity index (χ1v) is 7.86. The summed E-state index contributed by atoms with van der Waals surface area (Å²) < 4.78 is 0. The number of nitrogen functional groups attached to an aromatic ring is 4. The maximum Gasteiger partial charge on any atom is 0.224 e. The van der Waals surface area contributed by atoms with Crippen LogP contribution < -0.4 is 59.9 Å². The topological polar surface area (TPSA) is 281 Å². The fraction of sp³-hybridized carbons (Fsp3) is 0. The normalized spacial score (nSPS) is 18.0. The summed E-state index contributed by atoms with van der Waals surface area (Å²) in [5.74, 6) is 20.7. The first kappa shape index (κ1) is 23.0. The van der Waals surface area contributed by atoms with Crippen LogP contribution in [0.1, 0.15) is 0 Å². The average molecular weight is 415 g/mol. The van der Waals surface area contributed by atoms with Crippen molar-refractivity contribution in [1.82, 2.24) is 5.53 Å². The van der Waals surface area contributed by atoms with E-state index in [1.165, 1.54) is 12.1 Å². The molecular formula is C12H21N11O6. The van der Waals surface area contributed by atoms with Gasteiger partial charge in [-0.2, -0.15) is 23.4 Å². The highest BCUT2D eigenvalue weighted by atomic mass is 16.6. The van der Waals surface area contributed by atoms with Gasteiger partial charge in [-0.25, -0.2) is 10.3 Å². The molecule has 0 aliphatic carbocycles. The van der Waals surface area contributed by atoms with Crippen LogP contribution in [0.4, 0.5) is 34.1 Å². The van der Waals surface area contributed by atoms with Crippen LogP contribution >= 0.6 is 0 Å². The van der Waals surface area contributed by atoms with Gasteiger partial charge in [-0.15, -0.1) is 0 Å². The van der Waals surface area contributed by atoms with Crippen molar-refractivity contribution in [2.45, 2.75) is 0 Å². The van der Waals surface area contributed by atoms with E-state index in [1.807, 2.05) is 5.53 Å². The summed E-state index contributed by atoms with van der Waals surface area (Å²) in [6, 6.07) is 6.54. The van der Waals surface area contributed by atoms with Gasteiger partial charge >= 0.3 is 0 Å². The zero-order valence-corrected chi connectivity index (χ0v) is 14.7. The summed E-state index contributed by atoms with van der Waals surface area (Å²) >= 11 is 0. The third-order valence-corrected chi connectivity index (χ3v) is 3.86. The van der Waals surface area contributed by atoms with Gasteiger partial charge in [0.25, 0.3) is 0 Å². The van der Waals surface area contributed by atoms with E-state index < -0.39 is 42.4 Å². The Morgan fingerprint density at radius 1 is 0.517 bits per heavy atom. The molecule has 0 spiro atoms. The Morgan fingerprint density at radius 2 is 0.862 bits per heavy atom. The molecule has 0 saturated heterocycles. The van der Waals surface area contributed by atoms with Crippen LogP contribution in [0.3, 0.4) is 0 Å². The van der Waals surface area contributed by atoms with Crippen molar-refractivity contribution in [3.05, 3.63) is 67.6 Å². The molecule has 6 atom stereocenters. The minimum absolute atomic E-state index is 0.110. The lowest BCUT2D eigenvalue weighted by molar-refractivity contribution is -1.06. The highest BCUT2D eigenvalue weighted by molar-refractivity contribution is 5.58. The third-order valence-electron chi connectivity index (χ3n) is 3.86. The van der Waals surface area contributed by atoms with E-state index in [0.717, 1.165) is 24.3 Å². The maximum atomic E-state index is 12.5. The van der Waals surface area contributed by atoms with E-state index >= 15 is 0 Å². The number of rotatable bonds is 8. The number of nitrogens with one attached hydrogen (secondary N) is 7. The number of nitrogens with two attached hydrogens (primary N) is 4. The zero-order chi connectivity index (χ0) is 21.9. The second-order valence-corrected chi connectivity index (χ2v) is 5.76. The predicted octanol–water partition coefficient (Wildman–Crippen LogP) is -8.61. The van der Waals surface area contributed by atoms with Gasteiger partial charge < -0.3 is 31.2 Å². The van der Waals surface area contributed by atoms with E-state index in [0.29, 0.717) is 0 Å². The van der Waals surface area contributed by atoms with E-state index in [2.05, 4.69) is 0 Å². The van der Waals surface area contributed by atoms with Crippen molar-refractivity contribution in [3.63, 3.8) is 0 Å². The summed E-state index contributed by atoms with van der Waals surface area (Å²) in [7, 11) is 0. The third kappa shape index (κ3) is 5.43. The molecule has 0 heterocycles. The van der Waals surface area contributed by atoms with Crippen molar-refractivity contribution < 1.29 is 31.0 Å². The lowest BCUT2D eigenvalue weighted by Gasteiger charge is -2.31. The molecule has 0 fully saturated rings. The molecule has 17 heteroatoms. The van der Waals surface area contributed by atoms with Crippen LogP contribution in [-0.2, 0) is 0 Å². The fourth-order valence-corrected chi connectivity index (χ4v) is 2.44. The predicted molar refractivity (Wildman–Crippen MR) is 96.7 cm³/mol. The zero-order valence-electron chi connectivity index (χ0n) is 14.7. The maximum absolute atomic E-state index is 12.5. The molecule has 15 N–H and O–H groups in total. The van der Waals surface area contributed by atoms with Crippen LogP contribution in [0.15, 0.2) is 36.4 Å². The number of quaternary nitrogens is 6. The standard InChI is InChI=1S/C12H21N11O6/c13-18(24)7-1-3-9(20(15)26)11(5-7)22(28)17-23(29)12-6-8(19(14)25)2-4-10(12)21(16)27/h1-6,17-23H,13-16H2. The van der Waals surface area contributed by atoms with E-state index in [9.17, 15) is 31.2 Å². The molecule has 0 aromatic heterocycles. The van der Waals surface area contributed by atoms with Gasteiger partial charge in [0.1, 0.15) is 0 Å². The molecule has 0 bridgehead atoms. The van der Waals surface area contributed by atoms with Gasteiger partial charge in [0.05, 0.1) is 12.1 Å². The Balaban J connectivity index is 2.39. The van der Waals surface area contributed by atoms with Crippen LogP contribution in [0, 0.1) is 31.2 Å². The molecule has 2 aromatic carbocycles. The van der Waals surface area contributed by atoms with Gasteiger partial charge in [0, 0.05) is 24.3 Å². The van der Waals surface area contributed by atoms with Crippen molar-refractivity contribution >= 4 is 34.1 Å². The molecule has 17 nitrogen and oxygen atoms in total. The average Bonchev–Trinajstić information content (AvgIpc) is 2.66. The van der Waals surface area contributed by atoms with E-state index in [-0.39, 0.29) is 22.7 Å². The highest BCUT2D eigenvalue weighted by Gasteiger charge is 2.24. The first-order chi connectivity index (χ1) is 13.5. The molecule has 6 unspecified atom stereocenters. The molecule has 0 aliphatic rings. The van der Waals surface area contributed by atoms with Gasteiger partial charge in [-0.3, -0.25) is 20.7 Å². The molecule has 2 rings (SSSR count). The molecule has 2 aromatic rings. The summed E-state index contributed by atoms with van der Waals surface area (Å²) in [5.41, 5.74) is 0.375. The quantitative estimate of drug-likeness (QED) is 0.142. The minimum Gasteiger partial charge on any atom is -0.608 e. The highest BCUT2D eigenvalue weighted by Crippen LogP contribution is 2.17. The van der Waals surface area contributed by atoms with Crippen molar-refractivity contribution in [2.75, 3.05) is 0 Å². The SMILES string of the molecule is N[NH+]([O-])c1ccc([NH+](N)[O-])c([NH+]([O-])N[NH+]([O-])c2cc([NH+](N)[O-])ccc2[NH+](N)[O-])c1. The van der Waals surface area contributed by atoms with Gasteiger partial charge in [-0.1, -0.05) is 0 Å². The number of hydrogen-bond acceptors (Lipinski definition) is 11. The Hall–Kier alpha value is -2.24. The van der Waals surface area contributed by atoms with Crippen LogP contribution in [0.25, 0.3) is 0 Å². The summed E-state index contributed by atoms with van der Waals surface area (Å²) in [6.07, 6.45) is 0. The van der Waals surface area contributed by atoms with Crippen molar-refractivity contribution in [3.8, 4) is 0 Å². The lowest BCUT2D eigenvalue weighted by Crippen LogP contribution is -3.32.